The molecule has 0 aliphatic heterocycles. The number of aryl methyl sites for hydroxylation is 1. The lowest BCUT2D eigenvalue weighted by atomic mass is 10.2. The molecule has 0 radical (unpaired) electrons. The summed E-state index contributed by atoms with van der Waals surface area (Å²) in [5.41, 5.74) is 3.84. The van der Waals surface area contributed by atoms with Gasteiger partial charge in [0.2, 0.25) is 0 Å². The van der Waals surface area contributed by atoms with Crippen LogP contribution in [0.3, 0.4) is 0 Å². The number of hydrogen-bond acceptors (Lipinski definition) is 7. The summed E-state index contributed by atoms with van der Waals surface area (Å²) < 4.78 is 38.3. The van der Waals surface area contributed by atoms with Crippen molar-refractivity contribution >= 4 is 39.4 Å². The number of ether oxygens (including phenoxy) is 2. The van der Waals surface area contributed by atoms with Crippen LogP contribution in [0.4, 0.5) is 5.69 Å². The summed E-state index contributed by atoms with van der Waals surface area (Å²) in [5.74, 6) is -0.285. The first-order chi connectivity index (χ1) is 16.6. The number of aromatic hydroxyl groups is 1. The van der Waals surface area contributed by atoms with Gasteiger partial charge in [-0.15, -0.1) is 0 Å². The van der Waals surface area contributed by atoms with Gasteiger partial charge in [-0.2, -0.15) is 5.10 Å². The molecule has 0 unspecified atom stereocenters. The van der Waals surface area contributed by atoms with Crippen LogP contribution in [-0.2, 0) is 14.8 Å². The third kappa shape index (κ3) is 6.23. The van der Waals surface area contributed by atoms with E-state index in [4.69, 9.17) is 21.1 Å². The maximum Gasteiger partial charge on any atom is 0.264 e. The minimum Gasteiger partial charge on any atom is -0.504 e. The van der Waals surface area contributed by atoms with Crippen molar-refractivity contribution in [1.82, 2.24) is 5.43 Å². The van der Waals surface area contributed by atoms with Gasteiger partial charge in [-0.25, -0.2) is 13.8 Å². The van der Waals surface area contributed by atoms with E-state index in [2.05, 4.69) is 10.5 Å². The van der Waals surface area contributed by atoms with Crippen LogP contribution in [0.15, 0.2) is 70.7 Å². The number of halogens is 1. The van der Waals surface area contributed by atoms with Crippen molar-refractivity contribution in [3.8, 4) is 17.2 Å². The minimum absolute atomic E-state index is 0.00221. The summed E-state index contributed by atoms with van der Waals surface area (Å²) >= 11 is 6.13. The zero-order valence-electron chi connectivity index (χ0n) is 19.2. The normalized spacial score (nSPS) is 11.3. The van der Waals surface area contributed by atoms with Crippen molar-refractivity contribution in [2.24, 2.45) is 5.10 Å². The van der Waals surface area contributed by atoms with E-state index in [-0.39, 0.29) is 32.9 Å². The molecule has 3 aromatic rings. The summed E-state index contributed by atoms with van der Waals surface area (Å²) in [6, 6.07) is 15.2. The van der Waals surface area contributed by atoms with E-state index < -0.39 is 22.5 Å². The van der Waals surface area contributed by atoms with Gasteiger partial charge < -0.3 is 14.6 Å². The molecular weight excluding hydrogens is 494 g/mol. The Labute approximate surface area is 208 Å². The first kappa shape index (κ1) is 25.9. The van der Waals surface area contributed by atoms with E-state index in [1.807, 2.05) is 6.92 Å². The third-order valence-electron chi connectivity index (χ3n) is 4.91. The van der Waals surface area contributed by atoms with Gasteiger partial charge in [-0.1, -0.05) is 29.3 Å². The fraction of sp³-hybridized carbons (Fsp3) is 0.167. The number of carbonyl (C=O) groups excluding carboxylic acids is 1. The zero-order valence-corrected chi connectivity index (χ0v) is 20.8. The van der Waals surface area contributed by atoms with Crippen molar-refractivity contribution < 1.29 is 27.8 Å². The molecular formula is C24H24ClN3O6S. The van der Waals surface area contributed by atoms with Gasteiger partial charge in [-0.3, -0.25) is 9.10 Å². The van der Waals surface area contributed by atoms with Crippen LogP contribution in [0.1, 0.15) is 11.1 Å². The topological polar surface area (TPSA) is 118 Å². The number of carbonyl (C=O) groups is 1. The number of nitrogens with one attached hydrogen (secondary N) is 1. The van der Waals surface area contributed by atoms with Crippen molar-refractivity contribution in [3.63, 3.8) is 0 Å². The molecule has 0 aliphatic carbocycles. The summed E-state index contributed by atoms with van der Waals surface area (Å²) in [5, 5.41) is 13.8. The number of nitrogens with zero attached hydrogens (tertiary/aromatic N) is 2. The van der Waals surface area contributed by atoms with Crippen LogP contribution in [0.25, 0.3) is 0 Å². The van der Waals surface area contributed by atoms with E-state index in [1.165, 1.54) is 56.8 Å². The Balaban J connectivity index is 1.90. The van der Waals surface area contributed by atoms with Gasteiger partial charge in [-0.05, 0) is 61.0 Å². The number of methoxy groups -OCH3 is 2. The molecule has 9 nitrogen and oxygen atoms in total. The molecule has 3 rings (SSSR count). The van der Waals surface area contributed by atoms with E-state index in [9.17, 15) is 18.3 Å². The first-order valence-electron chi connectivity index (χ1n) is 10.3. The van der Waals surface area contributed by atoms with Crippen molar-refractivity contribution in [2.75, 3.05) is 25.1 Å². The number of amides is 1. The largest absolute Gasteiger partial charge is 0.504 e. The van der Waals surface area contributed by atoms with E-state index in [1.54, 1.807) is 24.3 Å². The number of phenols is 1. The first-order valence-corrected chi connectivity index (χ1v) is 12.1. The van der Waals surface area contributed by atoms with E-state index in [0.717, 1.165) is 9.87 Å². The molecule has 0 aromatic heterocycles. The Morgan fingerprint density at radius 2 is 1.74 bits per heavy atom. The molecule has 0 aliphatic rings. The smallest absolute Gasteiger partial charge is 0.264 e. The molecule has 11 heteroatoms. The van der Waals surface area contributed by atoms with Crippen LogP contribution < -0.4 is 19.2 Å². The molecule has 184 valence electrons. The van der Waals surface area contributed by atoms with Gasteiger partial charge in [0.25, 0.3) is 15.9 Å². The highest BCUT2D eigenvalue weighted by Crippen LogP contribution is 2.34. The molecule has 0 bridgehead atoms. The number of phenolic OH excluding ortho intramolecular Hbond substituents is 1. The number of anilines is 1. The maximum absolute atomic E-state index is 13.5. The van der Waals surface area contributed by atoms with Crippen LogP contribution >= 0.6 is 11.6 Å². The molecule has 0 saturated heterocycles. The van der Waals surface area contributed by atoms with Gasteiger partial charge >= 0.3 is 0 Å². The highest BCUT2D eigenvalue weighted by molar-refractivity contribution is 7.92. The number of benzene rings is 3. The lowest BCUT2D eigenvalue weighted by Crippen LogP contribution is -2.39. The lowest BCUT2D eigenvalue weighted by molar-refractivity contribution is -0.119. The molecule has 0 fully saturated rings. The molecule has 0 spiro atoms. The van der Waals surface area contributed by atoms with Gasteiger partial charge in [0.1, 0.15) is 12.3 Å². The van der Waals surface area contributed by atoms with Gasteiger partial charge in [0.15, 0.2) is 11.5 Å². The molecule has 0 atom stereocenters. The highest BCUT2D eigenvalue weighted by atomic mass is 35.5. The zero-order chi connectivity index (χ0) is 25.6. The predicted octanol–water partition coefficient (Wildman–Crippen LogP) is 3.72. The van der Waals surface area contributed by atoms with Gasteiger partial charge in [0, 0.05) is 5.02 Å². The fourth-order valence-electron chi connectivity index (χ4n) is 3.11. The standard InChI is InChI=1S/C24H24ClN3O6S/c1-16-4-8-19(9-5-16)35(31,32)28(20-13-18(25)7-11-22(20)33-2)15-24(30)27-26-14-17-6-10-21(29)23(12-17)34-3/h4-14,29H,15H2,1-3H3,(H,27,30)/b26-14-. The fourth-order valence-corrected chi connectivity index (χ4v) is 4.70. The maximum atomic E-state index is 13.5. The average Bonchev–Trinajstić information content (AvgIpc) is 2.83. The monoisotopic (exact) mass is 517 g/mol. The van der Waals surface area contributed by atoms with Gasteiger partial charge in [0.05, 0.1) is 31.0 Å². The van der Waals surface area contributed by atoms with Crippen LogP contribution in [0.2, 0.25) is 5.02 Å². The van der Waals surface area contributed by atoms with Crippen LogP contribution in [0.5, 0.6) is 17.2 Å². The van der Waals surface area contributed by atoms with Crippen LogP contribution in [0, 0.1) is 6.92 Å². The Morgan fingerprint density at radius 3 is 2.40 bits per heavy atom. The Morgan fingerprint density at radius 1 is 1.06 bits per heavy atom. The second-order valence-corrected chi connectivity index (χ2v) is 9.66. The molecule has 1 amide bonds. The molecule has 0 saturated carbocycles. The molecule has 0 heterocycles. The Kier molecular flexibility index (Phi) is 8.21. The minimum atomic E-state index is -4.17. The number of sulfonamides is 1. The predicted molar refractivity (Wildman–Crippen MR) is 134 cm³/mol. The SMILES string of the molecule is COc1cc(/C=N\NC(=O)CN(c2cc(Cl)ccc2OC)S(=O)(=O)c2ccc(C)cc2)ccc1O. The van der Waals surface area contributed by atoms with Crippen molar-refractivity contribution in [1.29, 1.82) is 0 Å². The van der Waals surface area contributed by atoms with Crippen LogP contribution in [-0.4, -0.2) is 46.4 Å². The number of rotatable bonds is 9. The lowest BCUT2D eigenvalue weighted by Gasteiger charge is -2.25. The summed E-state index contributed by atoms with van der Waals surface area (Å²) in [4.78, 5) is 12.7. The third-order valence-corrected chi connectivity index (χ3v) is 6.92. The van der Waals surface area contributed by atoms with E-state index >= 15 is 0 Å². The van der Waals surface area contributed by atoms with Crippen molar-refractivity contribution in [3.05, 3.63) is 76.8 Å². The number of hydrazone groups is 1. The Bertz CT molecular complexity index is 1340. The second kappa shape index (κ2) is 11.1. The molecule has 3 aromatic carbocycles. The van der Waals surface area contributed by atoms with Crippen molar-refractivity contribution in [2.45, 2.75) is 11.8 Å². The summed E-state index contributed by atoms with van der Waals surface area (Å²) in [6.45, 7) is 1.24. The second-order valence-electron chi connectivity index (χ2n) is 7.37. The Hall–Kier alpha value is -3.76. The summed E-state index contributed by atoms with van der Waals surface area (Å²) in [6.07, 6.45) is 1.33. The molecule has 2 N–H and O–H groups in total. The molecule has 35 heavy (non-hydrogen) atoms. The average molecular weight is 518 g/mol. The van der Waals surface area contributed by atoms with E-state index in [0.29, 0.717) is 5.56 Å². The number of hydrogen-bond donors (Lipinski definition) is 2. The summed E-state index contributed by atoms with van der Waals surface area (Å²) in [7, 11) is -1.37. The highest BCUT2D eigenvalue weighted by Gasteiger charge is 2.29. The quantitative estimate of drug-likeness (QED) is 0.330.